The third kappa shape index (κ3) is 2.73. The van der Waals surface area contributed by atoms with Crippen LogP contribution in [0.1, 0.15) is 18.2 Å². The van der Waals surface area contributed by atoms with Crippen LogP contribution in [0.15, 0.2) is 60.8 Å². The van der Waals surface area contributed by atoms with Gasteiger partial charge in [-0.2, -0.15) is 0 Å². The van der Waals surface area contributed by atoms with E-state index < -0.39 is 0 Å². The molecule has 0 radical (unpaired) electrons. The Morgan fingerprint density at radius 1 is 1.00 bits per heavy atom. The van der Waals surface area contributed by atoms with Crippen molar-refractivity contribution < 1.29 is 0 Å². The number of rotatable bonds is 4. The molecule has 0 fully saturated rings. The van der Waals surface area contributed by atoms with E-state index in [2.05, 4.69) is 54.1 Å². The van der Waals surface area contributed by atoms with Crippen molar-refractivity contribution in [2.75, 3.05) is 0 Å². The van der Waals surface area contributed by atoms with Gasteiger partial charge in [0.05, 0.1) is 5.69 Å². The van der Waals surface area contributed by atoms with E-state index in [-0.39, 0.29) is 0 Å². The SMILES string of the molecule is CCc1cn(-c2ccc(CN)cc2)c(-c2ccccc2)n1. The van der Waals surface area contributed by atoms with Crippen LogP contribution in [-0.4, -0.2) is 9.55 Å². The summed E-state index contributed by atoms with van der Waals surface area (Å²) in [4.78, 5) is 4.76. The highest BCUT2D eigenvalue weighted by molar-refractivity contribution is 5.59. The van der Waals surface area contributed by atoms with Gasteiger partial charge in [-0.1, -0.05) is 49.4 Å². The average molecular weight is 277 g/mol. The third-order valence-electron chi connectivity index (χ3n) is 3.60. The first-order chi connectivity index (χ1) is 10.3. The van der Waals surface area contributed by atoms with Gasteiger partial charge in [0.2, 0.25) is 0 Å². The summed E-state index contributed by atoms with van der Waals surface area (Å²) in [5.74, 6) is 0.980. The van der Waals surface area contributed by atoms with Crippen molar-refractivity contribution in [1.82, 2.24) is 9.55 Å². The second kappa shape index (κ2) is 5.94. The van der Waals surface area contributed by atoms with Crippen LogP contribution in [0.5, 0.6) is 0 Å². The molecule has 2 aromatic carbocycles. The maximum atomic E-state index is 5.67. The zero-order valence-corrected chi connectivity index (χ0v) is 12.2. The minimum absolute atomic E-state index is 0.565. The molecule has 0 aliphatic heterocycles. The molecule has 0 saturated heterocycles. The zero-order valence-electron chi connectivity index (χ0n) is 12.2. The summed E-state index contributed by atoms with van der Waals surface area (Å²) in [7, 11) is 0. The minimum Gasteiger partial charge on any atom is -0.326 e. The Balaban J connectivity index is 2.10. The topological polar surface area (TPSA) is 43.8 Å². The van der Waals surface area contributed by atoms with Gasteiger partial charge in [-0.15, -0.1) is 0 Å². The fourth-order valence-corrected chi connectivity index (χ4v) is 2.38. The average Bonchev–Trinajstić information content (AvgIpc) is 3.00. The molecule has 3 aromatic rings. The summed E-state index contributed by atoms with van der Waals surface area (Å²) in [5.41, 5.74) is 10.1. The monoisotopic (exact) mass is 277 g/mol. The highest BCUT2D eigenvalue weighted by Gasteiger charge is 2.10. The van der Waals surface area contributed by atoms with Crippen molar-refractivity contribution in [3.05, 3.63) is 72.1 Å². The number of hydrogen-bond acceptors (Lipinski definition) is 2. The lowest BCUT2D eigenvalue weighted by molar-refractivity contribution is 1.04. The van der Waals surface area contributed by atoms with Crippen LogP contribution in [0, 0.1) is 0 Å². The molecule has 0 aliphatic carbocycles. The van der Waals surface area contributed by atoms with Crippen LogP contribution in [0.2, 0.25) is 0 Å². The van der Waals surface area contributed by atoms with Crippen LogP contribution in [-0.2, 0) is 13.0 Å². The Morgan fingerprint density at radius 3 is 2.33 bits per heavy atom. The molecule has 0 atom stereocenters. The van der Waals surface area contributed by atoms with Gasteiger partial charge in [0.15, 0.2) is 0 Å². The Morgan fingerprint density at radius 2 is 1.71 bits per heavy atom. The quantitative estimate of drug-likeness (QED) is 0.792. The van der Waals surface area contributed by atoms with Gasteiger partial charge in [0.25, 0.3) is 0 Å². The van der Waals surface area contributed by atoms with Crippen molar-refractivity contribution in [2.45, 2.75) is 19.9 Å². The number of nitrogens with two attached hydrogens (primary N) is 1. The van der Waals surface area contributed by atoms with Gasteiger partial charge >= 0.3 is 0 Å². The number of benzene rings is 2. The molecule has 0 aliphatic rings. The first-order valence-electron chi connectivity index (χ1n) is 7.25. The smallest absolute Gasteiger partial charge is 0.144 e. The van der Waals surface area contributed by atoms with E-state index in [1.807, 2.05) is 18.2 Å². The lowest BCUT2D eigenvalue weighted by Crippen LogP contribution is -1.99. The zero-order chi connectivity index (χ0) is 14.7. The van der Waals surface area contributed by atoms with Gasteiger partial charge in [0.1, 0.15) is 5.82 Å². The Kier molecular flexibility index (Phi) is 3.84. The van der Waals surface area contributed by atoms with E-state index >= 15 is 0 Å². The highest BCUT2D eigenvalue weighted by Crippen LogP contribution is 2.23. The van der Waals surface area contributed by atoms with Gasteiger partial charge < -0.3 is 5.73 Å². The fraction of sp³-hybridized carbons (Fsp3) is 0.167. The van der Waals surface area contributed by atoms with E-state index in [1.54, 1.807) is 0 Å². The van der Waals surface area contributed by atoms with Gasteiger partial charge in [-0.3, -0.25) is 4.57 Å². The highest BCUT2D eigenvalue weighted by atomic mass is 15.1. The molecule has 106 valence electrons. The number of aromatic nitrogens is 2. The maximum Gasteiger partial charge on any atom is 0.144 e. The summed E-state index contributed by atoms with van der Waals surface area (Å²) in [5, 5.41) is 0. The number of nitrogens with zero attached hydrogens (tertiary/aromatic N) is 2. The van der Waals surface area contributed by atoms with E-state index in [4.69, 9.17) is 10.7 Å². The Labute approximate surface area is 125 Å². The first-order valence-corrected chi connectivity index (χ1v) is 7.25. The molecular weight excluding hydrogens is 258 g/mol. The van der Waals surface area contributed by atoms with Crippen molar-refractivity contribution in [3.8, 4) is 17.1 Å². The second-order valence-corrected chi connectivity index (χ2v) is 5.02. The van der Waals surface area contributed by atoms with Gasteiger partial charge in [0, 0.05) is 24.0 Å². The summed E-state index contributed by atoms with van der Waals surface area (Å²) in [6.45, 7) is 2.69. The fourth-order valence-electron chi connectivity index (χ4n) is 2.38. The maximum absolute atomic E-state index is 5.67. The molecular formula is C18H19N3. The van der Waals surface area contributed by atoms with Crippen LogP contribution in [0.3, 0.4) is 0 Å². The second-order valence-electron chi connectivity index (χ2n) is 5.02. The standard InChI is InChI=1S/C18H19N3/c1-2-16-13-21(17-10-8-14(12-19)9-11-17)18(20-16)15-6-4-3-5-7-15/h3-11,13H,2,12,19H2,1H3. The summed E-state index contributed by atoms with van der Waals surface area (Å²) in [6.07, 6.45) is 3.04. The van der Waals surface area contributed by atoms with Gasteiger partial charge in [-0.25, -0.2) is 4.98 Å². The molecule has 3 rings (SSSR count). The predicted octanol–water partition coefficient (Wildman–Crippen LogP) is 3.56. The van der Waals surface area contributed by atoms with Crippen LogP contribution in [0.4, 0.5) is 0 Å². The number of imidazole rings is 1. The lowest BCUT2D eigenvalue weighted by Gasteiger charge is -2.08. The molecule has 1 aromatic heterocycles. The lowest BCUT2D eigenvalue weighted by atomic mass is 10.2. The summed E-state index contributed by atoms with van der Waals surface area (Å²) < 4.78 is 2.15. The summed E-state index contributed by atoms with van der Waals surface area (Å²) in [6, 6.07) is 18.6. The molecule has 0 spiro atoms. The predicted molar refractivity (Wildman–Crippen MR) is 86.3 cm³/mol. The first kappa shape index (κ1) is 13.6. The molecule has 3 nitrogen and oxygen atoms in total. The number of aryl methyl sites for hydroxylation is 1. The molecule has 2 N–H and O–H groups in total. The molecule has 3 heteroatoms. The van der Waals surface area contributed by atoms with E-state index in [1.165, 1.54) is 0 Å². The van der Waals surface area contributed by atoms with Crippen LogP contribution in [0.25, 0.3) is 17.1 Å². The molecule has 21 heavy (non-hydrogen) atoms. The Bertz CT molecular complexity index is 712. The van der Waals surface area contributed by atoms with E-state index in [0.29, 0.717) is 6.54 Å². The van der Waals surface area contributed by atoms with Crippen molar-refractivity contribution in [2.24, 2.45) is 5.73 Å². The van der Waals surface area contributed by atoms with Crippen molar-refractivity contribution >= 4 is 0 Å². The van der Waals surface area contributed by atoms with E-state index in [0.717, 1.165) is 34.8 Å². The molecule has 0 saturated carbocycles. The van der Waals surface area contributed by atoms with Crippen molar-refractivity contribution in [3.63, 3.8) is 0 Å². The third-order valence-corrected chi connectivity index (χ3v) is 3.60. The Hall–Kier alpha value is -2.39. The summed E-state index contributed by atoms with van der Waals surface area (Å²) >= 11 is 0. The van der Waals surface area contributed by atoms with Crippen LogP contribution < -0.4 is 5.73 Å². The van der Waals surface area contributed by atoms with Crippen molar-refractivity contribution in [1.29, 1.82) is 0 Å². The molecule has 0 unspecified atom stereocenters. The number of hydrogen-bond donors (Lipinski definition) is 1. The van der Waals surface area contributed by atoms with E-state index in [9.17, 15) is 0 Å². The normalized spacial score (nSPS) is 10.8. The molecule has 1 heterocycles. The molecule has 0 amide bonds. The largest absolute Gasteiger partial charge is 0.326 e. The van der Waals surface area contributed by atoms with Crippen LogP contribution >= 0.6 is 0 Å². The van der Waals surface area contributed by atoms with Gasteiger partial charge in [-0.05, 0) is 24.1 Å². The molecule has 0 bridgehead atoms. The minimum atomic E-state index is 0.565.